The minimum Gasteiger partial charge on any atom is -0.486 e. The molecular formula is C18H19NO5S2. The standard InChI is InChI=1S/C18H19NO5S2/c1-18(2,25)17(20)12-3-5-13(6-4-12)19-26(21,22)14-7-8-15-16(11-14)24-10-9-23-15/h3-8,11,19,25H,9-10H2,1-2H3. The quantitative estimate of drug-likeness (QED) is 0.602. The lowest BCUT2D eigenvalue weighted by molar-refractivity contribution is 0.0959. The van der Waals surface area contributed by atoms with Crippen molar-refractivity contribution in [3.63, 3.8) is 0 Å². The van der Waals surface area contributed by atoms with E-state index in [1.54, 1.807) is 44.2 Å². The first-order valence-electron chi connectivity index (χ1n) is 7.96. The van der Waals surface area contributed by atoms with Gasteiger partial charge in [-0.3, -0.25) is 9.52 Å². The first-order chi connectivity index (χ1) is 12.2. The van der Waals surface area contributed by atoms with E-state index < -0.39 is 14.8 Å². The van der Waals surface area contributed by atoms with Gasteiger partial charge in [-0.05, 0) is 50.2 Å². The Kier molecular flexibility index (Phi) is 4.90. The Morgan fingerprint density at radius 1 is 1.04 bits per heavy atom. The lowest BCUT2D eigenvalue weighted by Crippen LogP contribution is -2.24. The van der Waals surface area contributed by atoms with Crippen molar-refractivity contribution in [2.24, 2.45) is 0 Å². The van der Waals surface area contributed by atoms with Crippen molar-refractivity contribution >= 4 is 34.1 Å². The Labute approximate surface area is 158 Å². The summed E-state index contributed by atoms with van der Waals surface area (Å²) in [6.07, 6.45) is 0. The van der Waals surface area contributed by atoms with E-state index in [-0.39, 0.29) is 10.7 Å². The van der Waals surface area contributed by atoms with Crippen LogP contribution in [0.3, 0.4) is 0 Å². The van der Waals surface area contributed by atoms with Gasteiger partial charge in [-0.15, -0.1) is 0 Å². The first-order valence-corrected chi connectivity index (χ1v) is 9.89. The van der Waals surface area contributed by atoms with Gasteiger partial charge < -0.3 is 9.47 Å². The highest BCUT2D eigenvalue weighted by Gasteiger charge is 2.24. The number of carbonyl (C=O) groups is 1. The molecule has 138 valence electrons. The number of anilines is 1. The summed E-state index contributed by atoms with van der Waals surface area (Å²) in [5, 5.41) is 0. The predicted molar refractivity (Wildman–Crippen MR) is 102 cm³/mol. The van der Waals surface area contributed by atoms with Crippen molar-refractivity contribution in [1.29, 1.82) is 0 Å². The third-order valence-corrected chi connectivity index (χ3v) is 5.36. The maximum atomic E-state index is 12.6. The summed E-state index contributed by atoms with van der Waals surface area (Å²) in [6.45, 7) is 4.22. The Hall–Kier alpha value is -2.19. The van der Waals surface area contributed by atoms with E-state index in [4.69, 9.17) is 9.47 Å². The fourth-order valence-electron chi connectivity index (χ4n) is 2.45. The third kappa shape index (κ3) is 3.96. The smallest absolute Gasteiger partial charge is 0.262 e. The molecular weight excluding hydrogens is 374 g/mol. The molecule has 0 fully saturated rings. The minimum atomic E-state index is -3.79. The second-order valence-electron chi connectivity index (χ2n) is 6.38. The van der Waals surface area contributed by atoms with Gasteiger partial charge in [0.1, 0.15) is 13.2 Å². The highest BCUT2D eigenvalue weighted by molar-refractivity contribution is 7.92. The van der Waals surface area contributed by atoms with Crippen LogP contribution in [-0.2, 0) is 10.0 Å². The number of hydrogen-bond donors (Lipinski definition) is 2. The molecule has 1 heterocycles. The lowest BCUT2D eigenvalue weighted by Gasteiger charge is -2.19. The van der Waals surface area contributed by atoms with Crippen LogP contribution in [0.4, 0.5) is 5.69 Å². The highest BCUT2D eigenvalue weighted by Crippen LogP contribution is 2.32. The number of ether oxygens (including phenoxy) is 2. The van der Waals surface area contributed by atoms with Crippen LogP contribution in [0.5, 0.6) is 11.5 Å². The molecule has 0 bridgehead atoms. The molecule has 1 aliphatic heterocycles. The summed E-state index contributed by atoms with van der Waals surface area (Å²) >= 11 is 4.26. The SMILES string of the molecule is CC(C)(S)C(=O)c1ccc(NS(=O)(=O)c2ccc3c(c2)OCCO3)cc1. The van der Waals surface area contributed by atoms with Gasteiger partial charge in [0.2, 0.25) is 0 Å². The maximum Gasteiger partial charge on any atom is 0.262 e. The molecule has 0 atom stereocenters. The van der Waals surface area contributed by atoms with E-state index >= 15 is 0 Å². The monoisotopic (exact) mass is 393 g/mol. The van der Waals surface area contributed by atoms with E-state index in [9.17, 15) is 13.2 Å². The lowest BCUT2D eigenvalue weighted by atomic mass is 10.0. The minimum absolute atomic E-state index is 0.0680. The normalized spacial score (nSPS) is 14.0. The molecule has 0 saturated carbocycles. The van der Waals surface area contributed by atoms with Crippen LogP contribution in [0.2, 0.25) is 0 Å². The van der Waals surface area contributed by atoms with Gasteiger partial charge in [-0.1, -0.05) is 0 Å². The molecule has 3 rings (SSSR count). The number of rotatable bonds is 5. The van der Waals surface area contributed by atoms with Crippen molar-refractivity contribution in [2.75, 3.05) is 17.9 Å². The summed E-state index contributed by atoms with van der Waals surface area (Å²) in [4.78, 5) is 12.2. The molecule has 0 aliphatic carbocycles. The van der Waals surface area contributed by atoms with Crippen LogP contribution in [-0.4, -0.2) is 32.2 Å². The van der Waals surface area contributed by atoms with Gasteiger partial charge >= 0.3 is 0 Å². The van der Waals surface area contributed by atoms with Gasteiger partial charge in [0.15, 0.2) is 17.3 Å². The molecule has 0 aromatic heterocycles. The molecule has 2 aromatic rings. The zero-order valence-corrected chi connectivity index (χ0v) is 16.1. The third-order valence-electron chi connectivity index (χ3n) is 3.78. The Balaban J connectivity index is 1.80. The number of ketones is 1. The molecule has 0 unspecified atom stereocenters. The summed E-state index contributed by atoms with van der Waals surface area (Å²) in [5.74, 6) is 0.783. The number of benzene rings is 2. The largest absolute Gasteiger partial charge is 0.486 e. The summed E-state index contributed by atoms with van der Waals surface area (Å²) in [6, 6.07) is 10.7. The Bertz CT molecular complexity index is 931. The molecule has 2 aromatic carbocycles. The van der Waals surface area contributed by atoms with Crippen LogP contribution in [0.1, 0.15) is 24.2 Å². The number of carbonyl (C=O) groups excluding carboxylic acids is 1. The fourth-order valence-corrected chi connectivity index (χ4v) is 3.65. The van der Waals surface area contributed by atoms with Crippen LogP contribution < -0.4 is 14.2 Å². The second kappa shape index (κ2) is 6.85. The van der Waals surface area contributed by atoms with Crippen LogP contribution in [0, 0.1) is 0 Å². The zero-order chi connectivity index (χ0) is 18.9. The van der Waals surface area contributed by atoms with Crippen molar-refractivity contribution in [2.45, 2.75) is 23.5 Å². The van der Waals surface area contributed by atoms with E-state index in [0.29, 0.717) is 36.0 Å². The van der Waals surface area contributed by atoms with Crippen molar-refractivity contribution in [1.82, 2.24) is 0 Å². The number of thiol groups is 1. The Morgan fingerprint density at radius 3 is 2.27 bits per heavy atom. The van der Waals surface area contributed by atoms with E-state index in [1.807, 2.05) is 0 Å². The van der Waals surface area contributed by atoms with Gasteiger partial charge in [-0.2, -0.15) is 12.6 Å². The first kappa shape index (κ1) is 18.6. The van der Waals surface area contributed by atoms with Gasteiger partial charge in [0, 0.05) is 17.3 Å². The number of hydrogen-bond acceptors (Lipinski definition) is 6. The molecule has 0 saturated heterocycles. The van der Waals surface area contributed by atoms with Crippen molar-refractivity contribution < 1.29 is 22.7 Å². The molecule has 1 N–H and O–H groups in total. The molecule has 0 radical (unpaired) electrons. The summed E-state index contributed by atoms with van der Waals surface area (Å²) in [7, 11) is -3.79. The van der Waals surface area contributed by atoms with Crippen molar-refractivity contribution in [3.8, 4) is 11.5 Å². The van der Waals surface area contributed by atoms with Crippen LogP contribution >= 0.6 is 12.6 Å². The number of Topliss-reactive ketones (excluding diaryl/α,β-unsaturated/α-hetero) is 1. The number of nitrogens with one attached hydrogen (secondary N) is 1. The average molecular weight is 393 g/mol. The number of fused-ring (bicyclic) bond motifs is 1. The molecule has 6 nitrogen and oxygen atoms in total. The summed E-state index contributed by atoms with van der Waals surface area (Å²) in [5.41, 5.74) is 0.820. The number of sulfonamides is 1. The second-order valence-corrected chi connectivity index (χ2v) is 9.18. The average Bonchev–Trinajstić information content (AvgIpc) is 2.60. The maximum absolute atomic E-state index is 12.6. The van der Waals surface area contributed by atoms with Crippen LogP contribution in [0.15, 0.2) is 47.4 Å². The topological polar surface area (TPSA) is 81.7 Å². The fraction of sp³-hybridized carbons (Fsp3) is 0.278. The highest BCUT2D eigenvalue weighted by atomic mass is 32.2. The zero-order valence-electron chi connectivity index (χ0n) is 14.4. The van der Waals surface area contributed by atoms with Gasteiger partial charge in [0.25, 0.3) is 10.0 Å². The van der Waals surface area contributed by atoms with E-state index in [2.05, 4.69) is 17.4 Å². The molecule has 0 spiro atoms. The van der Waals surface area contributed by atoms with Gasteiger partial charge in [-0.25, -0.2) is 8.42 Å². The van der Waals surface area contributed by atoms with E-state index in [1.165, 1.54) is 12.1 Å². The predicted octanol–water partition coefficient (Wildman–Crippen LogP) is 3.15. The Morgan fingerprint density at radius 2 is 1.65 bits per heavy atom. The summed E-state index contributed by atoms with van der Waals surface area (Å²) < 4.78 is 37.7. The molecule has 1 aliphatic rings. The van der Waals surface area contributed by atoms with E-state index in [0.717, 1.165) is 0 Å². The van der Waals surface area contributed by atoms with Crippen molar-refractivity contribution in [3.05, 3.63) is 48.0 Å². The van der Waals surface area contributed by atoms with Gasteiger partial charge in [0.05, 0.1) is 9.64 Å². The van der Waals surface area contributed by atoms with Crippen LogP contribution in [0.25, 0.3) is 0 Å². The molecule has 8 heteroatoms. The molecule has 26 heavy (non-hydrogen) atoms. The molecule has 0 amide bonds.